The van der Waals surface area contributed by atoms with Crippen molar-refractivity contribution in [2.75, 3.05) is 13.1 Å². The fraction of sp³-hybridized carbons (Fsp3) is 0.533. The molecule has 2 fully saturated rings. The van der Waals surface area contributed by atoms with Gasteiger partial charge in [0.05, 0.1) is 5.41 Å². The minimum atomic E-state index is -4.19. The van der Waals surface area contributed by atoms with E-state index >= 15 is 0 Å². The molecule has 0 radical (unpaired) electrons. The molecule has 2 aliphatic rings. The minimum absolute atomic E-state index is 0.0253. The maximum absolute atomic E-state index is 14.0. The third-order valence-electron chi connectivity index (χ3n) is 5.10. The summed E-state index contributed by atoms with van der Waals surface area (Å²) >= 11 is 0. The Hall–Kier alpha value is -1.54. The van der Waals surface area contributed by atoms with Gasteiger partial charge in [-0.2, -0.15) is 4.31 Å². The second-order valence-corrected chi connectivity index (χ2v) is 8.29. The van der Waals surface area contributed by atoms with Crippen LogP contribution >= 0.6 is 0 Å². The second-order valence-electron chi connectivity index (χ2n) is 6.38. The van der Waals surface area contributed by atoms with E-state index in [0.29, 0.717) is 18.9 Å². The van der Waals surface area contributed by atoms with Crippen molar-refractivity contribution in [3.63, 3.8) is 0 Å². The summed E-state index contributed by atoms with van der Waals surface area (Å²) in [5, 5.41) is 9.52. The van der Waals surface area contributed by atoms with Crippen molar-refractivity contribution < 1.29 is 27.1 Å². The van der Waals surface area contributed by atoms with E-state index in [4.69, 9.17) is 0 Å². The van der Waals surface area contributed by atoms with Crippen LogP contribution in [-0.2, 0) is 14.8 Å². The van der Waals surface area contributed by atoms with Gasteiger partial charge in [-0.05, 0) is 37.3 Å². The quantitative estimate of drug-likeness (QED) is 0.911. The molecule has 5 nitrogen and oxygen atoms in total. The monoisotopic (exact) mass is 345 g/mol. The number of hydrogen-bond acceptors (Lipinski definition) is 3. The highest BCUT2D eigenvalue weighted by Gasteiger charge is 2.57. The average Bonchev–Trinajstić information content (AvgIpc) is 3.00. The first kappa shape index (κ1) is 16.3. The van der Waals surface area contributed by atoms with E-state index in [2.05, 4.69) is 0 Å². The molecule has 0 spiro atoms. The molecule has 0 bridgehead atoms. The van der Waals surface area contributed by atoms with Crippen LogP contribution in [0.5, 0.6) is 0 Å². The first-order chi connectivity index (χ1) is 10.7. The van der Waals surface area contributed by atoms with Crippen LogP contribution in [0.4, 0.5) is 8.78 Å². The molecule has 1 heterocycles. The SMILES string of the molecule is Cc1cc(S(=O)(=O)N2C[C@@H]3CCC[C@@]3(C(=O)O)C2)c(F)cc1F. The number of benzene rings is 1. The summed E-state index contributed by atoms with van der Waals surface area (Å²) in [7, 11) is -4.19. The standard InChI is InChI=1S/C15H17F2NO4S/c1-9-5-13(12(17)6-11(9)16)23(21,22)18-7-10-3-2-4-15(10,8-18)14(19)20/h5-6,10H,2-4,7-8H2,1H3,(H,19,20)/t10-,15+/m0/s1. The molecule has 1 aliphatic carbocycles. The van der Waals surface area contributed by atoms with Crippen LogP contribution in [-0.4, -0.2) is 36.9 Å². The summed E-state index contributed by atoms with van der Waals surface area (Å²) in [5.41, 5.74) is -1.06. The Morgan fingerprint density at radius 3 is 2.65 bits per heavy atom. The molecule has 1 saturated heterocycles. The Balaban J connectivity index is 2.00. The lowest BCUT2D eigenvalue weighted by molar-refractivity contribution is -0.149. The van der Waals surface area contributed by atoms with Crippen LogP contribution < -0.4 is 0 Å². The fourth-order valence-electron chi connectivity index (χ4n) is 3.74. The highest BCUT2D eigenvalue weighted by molar-refractivity contribution is 7.89. The number of rotatable bonds is 3. The normalized spacial score (nSPS) is 28.0. The van der Waals surface area contributed by atoms with E-state index in [-0.39, 0.29) is 24.6 Å². The largest absolute Gasteiger partial charge is 0.481 e. The van der Waals surface area contributed by atoms with Crippen molar-refractivity contribution in [2.45, 2.75) is 31.1 Å². The summed E-state index contributed by atoms with van der Waals surface area (Å²) in [6, 6.07) is 1.51. The number of carboxylic acids is 1. The van der Waals surface area contributed by atoms with Gasteiger partial charge in [-0.15, -0.1) is 0 Å². The van der Waals surface area contributed by atoms with Gasteiger partial charge in [0.2, 0.25) is 10.0 Å². The van der Waals surface area contributed by atoms with Crippen molar-refractivity contribution in [3.8, 4) is 0 Å². The molecular weight excluding hydrogens is 328 g/mol. The van der Waals surface area contributed by atoms with Gasteiger partial charge in [0.15, 0.2) is 0 Å². The van der Waals surface area contributed by atoms with Crippen LogP contribution in [0.1, 0.15) is 24.8 Å². The van der Waals surface area contributed by atoms with Crippen molar-refractivity contribution in [1.82, 2.24) is 4.31 Å². The Kier molecular flexibility index (Phi) is 3.72. The van der Waals surface area contributed by atoms with Gasteiger partial charge in [0.1, 0.15) is 16.5 Å². The summed E-state index contributed by atoms with van der Waals surface area (Å²) < 4.78 is 53.7. The molecule has 3 rings (SSSR count). The van der Waals surface area contributed by atoms with E-state index in [1.807, 2.05) is 0 Å². The third kappa shape index (κ3) is 2.35. The maximum atomic E-state index is 14.0. The predicted octanol–water partition coefficient (Wildman–Crippen LogP) is 2.15. The van der Waals surface area contributed by atoms with Gasteiger partial charge in [0.25, 0.3) is 0 Å². The lowest BCUT2D eigenvalue weighted by Crippen LogP contribution is -2.37. The number of hydrogen-bond donors (Lipinski definition) is 1. The molecule has 1 aromatic rings. The Morgan fingerprint density at radius 2 is 2.04 bits per heavy atom. The summed E-state index contributed by atoms with van der Waals surface area (Å²) in [6.07, 6.45) is 1.81. The molecule has 1 N–H and O–H groups in total. The molecule has 8 heteroatoms. The van der Waals surface area contributed by atoms with Crippen molar-refractivity contribution in [3.05, 3.63) is 29.3 Å². The highest BCUT2D eigenvalue weighted by Crippen LogP contribution is 2.50. The molecule has 0 unspecified atom stereocenters. The molecular formula is C15H17F2NO4S. The van der Waals surface area contributed by atoms with E-state index in [0.717, 1.165) is 16.8 Å². The number of aliphatic carboxylic acids is 1. The van der Waals surface area contributed by atoms with Gasteiger partial charge < -0.3 is 5.11 Å². The van der Waals surface area contributed by atoms with E-state index in [9.17, 15) is 27.1 Å². The Labute approximate surface area is 133 Å². The zero-order valence-corrected chi connectivity index (χ0v) is 13.4. The van der Waals surface area contributed by atoms with E-state index < -0.39 is 37.9 Å². The molecule has 1 aromatic carbocycles. The summed E-state index contributed by atoms with van der Waals surface area (Å²) in [5.74, 6) is -3.25. The number of aryl methyl sites for hydroxylation is 1. The fourth-order valence-corrected chi connectivity index (χ4v) is 5.43. The van der Waals surface area contributed by atoms with Crippen molar-refractivity contribution in [2.24, 2.45) is 11.3 Å². The van der Waals surface area contributed by atoms with Crippen LogP contribution in [0.15, 0.2) is 17.0 Å². The number of fused-ring (bicyclic) bond motifs is 1. The number of nitrogens with zero attached hydrogens (tertiary/aromatic N) is 1. The minimum Gasteiger partial charge on any atom is -0.481 e. The highest BCUT2D eigenvalue weighted by atomic mass is 32.2. The van der Waals surface area contributed by atoms with Crippen LogP contribution in [0.3, 0.4) is 0 Å². The van der Waals surface area contributed by atoms with Crippen LogP contribution in [0, 0.1) is 29.9 Å². The smallest absolute Gasteiger partial charge is 0.311 e. The summed E-state index contributed by atoms with van der Waals surface area (Å²) in [4.78, 5) is 11.0. The summed E-state index contributed by atoms with van der Waals surface area (Å²) in [6.45, 7) is 1.25. The molecule has 1 aliphatic heterocycles. The van der Waals surface area contributed by atoms with E-state index in [1.54, 1.807) is 0 Å². The lowest BCUT2D eigenvalue weighted by Gasteiger charge is -2.23. The number of sulfonamides is 1. The number of halogens is 2. The van der Waals surface area contributed by atoms with Crippen molar-refractivity contribution in [1.29, 1.82) is 0 Å². The van der Waals surface area contributed by atoms with Crippen molar-refractivity contribution >= 4 is 16.0 Å². The van der Waals surface area contributed by atoms with Gasteiger partial charge in [0, 0.05) is 19.2 Å². The Morgan fingerprint density at radius 1 is 1.35 bits per heavy atom. The maximum Gasteiger partial charge on any atom is 0.311 e. The lowest BCUT2D eigenvalue weighted by atomic mass is 9.81. The molecule has 1 saturated carbocycles. The number of carboxylic acid groups (broad SMARTS) is 1. The van der Waals surface area contributed by atoms with Gasteiger partial charge in [-0.3, -0.25) is 4.79 Å². The predicted molar refractivity (Wildman–Crippen MR) is 77.3 cm³/mol. The zero-order chi connectivity index (χ0) is 17.0. The zero-order valence-electron chi connectivity index (χ0n) is 12.6. The molecule has 2 atom stereocenters. The van der Waals surface area contributed by atoms with E-state index in [1.165, 1.54) is 6.92 Å². The third-order valence-corrected chi connectivity index (χ3v) is 6.92. The van der Waals surface area contributed by atoms with Gasteiger partial charge in [-0.25, -0.2) is 17.2 Å². The molecule has 126 valence electrons. The first-order valence-electron chi connectivity index (χ1n) is 7.38. The second kappa shape index (κ2) is 5.24. The van der Waals surface area contributed by atoms with Gasteiger partial charge >= 0.3 is 5.97 Å². The van der Waals surface area contributed by atoms with Gasteiger partial charge in [-0.1, -0.05) is 6.42 Å². The topological polar surface area (TPSA) is 74.7 Å². The molecule has 0 amide bonds. The van der Waals surface area contributed by atoms with Crippen LogP contribution in [0.25, 0.3) is 0 Å². The molecule has 23 heavy (non-hydrogen) atoms. The average molecular weight is 345 g/mol. The molecule has 0 aromatic heterocycles. The van der Waals surface area contributed by atoms with Crippen LogP contribution in [0.2, 0.25) is 0 Å². The number of carbonyl (C=O) groups is 1. The Bertz CT molecular complexity index is 780. The first-order valence-corrected chi connectivity index (χ1v) is 8.82.